The lowest BCUT2D eigenvalue weighted by Gasteiger charge is -2.25. The van der Waals surface area contributed by atoms with Crippen molar-refractivity contribution in [2.24, 2.45) is 0 Å². The molecule has 2 N–H and O–H groups in total. The highest BCUT2D eigenvalue weighted by Gasteiger charge is 2.36. The van der Waals surface area contributed by atoms with Crippen molar-refractivity contribution in [3.8, 4) is 17.0 Å². The van der Waals surface area contributed by atoms with Gasteiger partial charge in [-0.05, 0) is 64.3 Å². The minimum atomic E-state index is -0.552. The molecule has 0 saturated carbocycles. The summed E-state index contributed by atoms with van der Waals surface area (Å²) < 4.78 is 13.7. The number of nitrogens with one attached hydrogen (secondary N) is 2. The molecule has 1 saturated heterocycles. The molecule has 7 nitrogen and oxygen atoms in total. The van der Waals surface area contributed by atoms with E-state index in [2.05, 4.69) is 16.8 Å². The van der Waals surface area contributed by atoms with Gasteiger partial charge in [-0.2, -0.15) is 0 Å². The SMILES string of the molecule is CCC(C)=CC(=N)c1c(-c2ccc(Cl)cc2)c(OC)n(C2CCN(C(=O)OC(C)(C)C)C2)c1NC. The third-order valence-electron chi connectivity index (χ3n) is 6.12. The van der Waals surface area contributed by atoms with Gasteiger partial charge in [0.1, 0.15) is 11.4 Å². The zero-order valence-corrected chi connectivity index (χ0v) is 22.5. The van der Waals surface area contributed by atoms with Gasteiger partial charge in [0.25, 0.3) is 0 Å². The lowest BCUT2D eigenvalue weighted by Crippen LogP contribution is -2.35. The zero-order chi connectivity index (χ0) is 25.9. The summed E-state index contributed by atoms with van der Waals surface area (Å²) in [4.78, 5) is 14.5. The van der Waals surface area contributed by atoms with Crippen LogP contribution in [0.5, 0.6) is 5.88 Å². The lowest BCUT2D eigenvalue weighted by atomic mass is 9.98. The van der Waals surface area contributed by atoms with Gasteiger partial charge in [-0.1, -0.05) is 36.2 Å². The van der Waals surface area contributed by atoms with Crippen molar-refractivity contribution < 1.29 is 14.3 Å². The third-order valence-corrected chi connectivity index (χ3v) is 6.37. The number of benzene rings is 1. The summed E-state index contributed by atoms with van der Waals surface area (Å²) in [6.07, 6.45) is 3.19. The van der Waals surface area contributed by atoms with Crippen molar-refractivity contribution in [1.29, 1.82) is 5.41 Å². The van der Waals surface area contributed by atoms with Crippen LogP contribution >= 0.6 is 11.6 Å². The van der Waals surface area contributed by atoms with Crippen LogP contribution in [0.2, 0.25) is 5.02 Å². The molecule has 1 fully saturated rings. The van der Waals surface area contributed by atoms with Gasteiger partial charge in [0.2, 0.25) is 5.88 Å². The van der Waals surface area contributed by atoms with Crippen molar-refractivity contribution >= 4 is 29.2 Å². The molecule has 0 radical (unpaired) electrons. The highest BCUT2D eigenvalue weighted by molar-refractivity contribution is 6.30. The van der Waals surface area contributed by atoms with E-state index in [1.807, 2.05) is 65.1 Å². The van der Waals surface area contributed by atoms with E-state index in [1.54, 1.807) is 12.0 Å². The van der Waals surface area contributed by atoms with Crippen LogP contribution < -0.4 is 10.1 Å². The number of carbonyl (C=O) groups excluding carboxylic acids is 1. The summed E-state index contributed by atoms with van der Waals surface area (Å²) in [6.45, 7) is 10.8. The molecular weight excluding hydrogens is 464 g/mol. The molecule has 0 aliphatic carbocycles. The van der Waals surface area contributed by atoms with E-state index >= 15 is 0 Å². The molecule has 1 amide bonds. The minimum absolute atomic E-state index is 0.0382. The van der Waals surface area contributed by atoms with Gasteiger partial charge >= 0.3 is 6.09 Å². The summed E-state index contributed by atoms with van der Waals surface area (Å²) in [6, 6.07) is 7.53. The number of hydrogen-bond donors (Lipinski definition) is 2. The quantitative estimate of drug-likeness (QED) is 0.411. The second kappa shape index (κ2) is 10.8. The summed E-state index contributed by atoms with van der Waals surface area (Å²) in [7, 11) is 3.50. The standard InChI is InChI=1S/C27H37ClN4O3/c1-8-17(2)15-21(29)23-22(18-9-11-19(28)12-10-18)25(34-7)32(24(23)30-6)20-13-14-31(16-20)26(33)35-27(3,4)5/h9-12,15,20,29-30H,8,13-14,16H2,1-7H3. The molecule has 1 unspecified atom stereocenters. The van der Waals surface area contributed by atoms with Gasteiger partial charge in [-0.3, -0.25) is 4.57 Å². The van der Waals surface area contributed by atoms with E-state index in [4.69, 9.17) is 26.5 Å². The zero-order valence-electron chi connectivity index (χ0n) is 21.8. The van der Waals surface area contributed by atoms with Gasteiger partial charge < -0.3 is 25.1 Å². The van der Waals surface area contributed by atoms with Gasteiger partial charge in [0.15, 0.2) is 0 Å². The first-order chi connectivity index (χ1) is 16.5. The molecule has 2 aromatic rings. The number of halogens is 1. The molecule has 35 heavy (non-hydrogen) atoms. The fourth-order valence-corrected chi connectivity index (χ4v) is 4.50. The monoisotopic (exact) mass is 500 g/mol. The Balaban J connectivity index is 2.15. The normalized spacial score (nSPS) is 16.4. The average Bonchev–Trinajstić information content (AvgIpc) is 3.40. The number of likely N-dealkylation sites (tertiary alicyclic amines) is 1. The van der Waals surface area contributed by atoms with Crippen molar-refractivity contribution in [3.63, 3.8) is 0 Å². The Bertz CT molecular complexity index is 1110. The Labute approximate surface area is 213 Å². The van der Waals surface area contributed by atoms with Gasteiger partial charge in [-0.25, -0.2) is 4.79 Å². The molecule has 0 bridgehead atoms. The first-order valence-electron chi connectivity index (χ1n) is 12.0. The number of anilines is 1. The van der Waals surface area contributed by atoms with Crippen LogP contribution in [-0.4, -0.2) is 54.1 Å². The number of ether oxygens (including phenoxy) is 2. The molecule has 2 heterocycles. The number of rotatable bonds is 7. The molecule has 1 aromatic carbocycles. The van der Waals surface area contributed by atoms with Crippen LogP contribution in [0.3, 0.4) is 0 Å². The number of carbonyl (C=O) groups is 1. The molecule has 0 spiro atoms. The lowest BCUT2D eigenvalue weighted by molar-refractivity contribution is 0.0288. The average molecular weight is 501 g/mol. The number of methoxy groups -OCH3 is 1. The molecular formula is C27H37ClN4O3. The highest BCUT2D eigenvalue weighted by Crippen LogP contribution is 2.45. The van der Waals surface area contributed by atoms with E-state index in [9.17, 15) is 4.79 Å². The van der Waals surface area contributed by atoms with E-state index in [-0.39, 0.29) is 12.1 Å². The molecule has 190 valence electrons. The Morgan fingerprint density at radius 1 is 1.29 bits per heavy atom. The Kier molecular flexibility index (Phi) is 8.21. The highest BCUT2D eigenvalue weighted by atomic mass is 35.5. The van der Waals surface area contributed by atoms with Gasteiger partial charge in [0.05, 0.1) is 30.0 Å². The van der Waals surface area contributed by atoms with Crippen LogP contribution in [0.25, 0.3) is 11.1 Å². The first-order valence-corrected chi connectivity index (χ1v) is 12.4. The van der Waals surface area contributed by atoms with Crippen LogP contribution in [-0.2, 0) is 4.74 Å². The maximum Gasteiger partial charge on any atom is 0.410 e. The predicted octanol–water partition coefficient (Wildman–Crippen LogP) is 6.76. The van der Waals surface area contributed by atoms with Crippen molar-refractivity contribution in [2.75, 3.05) is 32.6 Å². The summed E-state index contributed by atoms with van der Waals surface area (Å²) in [5.41, 5.74) is 3.46. The van der Waals surface area contributed by atoms with E-state index < -0.39 is 5.60 Å². The fourth-order valence-electron chi connectivity index (χ4n) is 4.37. The second-order valence-electron chi connectivity index (χ2n) is 9.86. The summed E-state index contributed by atoms with van der Waals surface area (Å²) >= 11 is 6.17. The van der Waals surface area contributed by atoms with Crippen molar-refractivity contribution in [2.45, 2.75) is 59.1 Å². The maximum atomic E-state index is 12.7. The van der Waals surface area contributed by atoms with E-state index in [1.165, 1.54) is 0 Å². The van der Waals surface area contributed by atoms with Crippen LogP contribution in [0.4, 0.5) is 10.6 Å². The van der Waals surface area contributed by atoms with Crippen LogP contribution in [0, 0.1) is 5.41 Å². The van der Waals surface area contributed by atoms with E-state index in [0.717, 1.165) is 40.9 Å². The maximum absolute atomic E-state index is 12.7. The van der Waals surface area contributed by atoms with Crippen molar-refractivity contribution in [1.82, 2.24) is 9.47 Å². The fraction of sp³-hybridized carbons (Fsp3) is 0.481. The predicted molar refractivity (Wildman–Crippen MR) is 143 cm³/mol. The van der Waals surface area contributed by atoms with Gasteiger partial charge in [0, 0.05) is 25.2 Å². The summed E-state index contributed by atoms with van der Waals surface area (Å²) in [5.74, 6) is 1.43. The molecule has 8 heteroatoms. The molecule has 1 aliphatic heterocycles. The van der Waals surface area contributed by atoms with Crippen LogP contribution in [0.1, 0.15) is 59.1 Å². The molecule has 1 aliphatic rings. The first kappa shape index (κ1) is 26.7. The smallest absolute Gasteiger partial charge is 0.410 e. The topological polar surface area (TPSA) is 79.6 Å². The van der Waals surface area contributed by atoms with Gasteiger partial charge in [-0.15, -0.1) is 0 Å². The van der Waals surface area contributed by atoms with Crippen molar-refractivity contribution in [3.05, 3.63) is 46.5 Å². The number of aromatic nitrogens is 1. The molecule has 3 rings (SSSR count). The largest absolute Gasteiger partial charge is 0.482 e. The number of amides is 1. The molecule has 1 atom stereocenters. The Morgan fingerprint density at radius 3 is 2.49 bits per heavy atom. The number of allylic oxidation sites excluding steroid dienone is 2. The van der Waals surface area contributed by atoms with E-state index in [0.29, 0.717) is 29.7 Å². The minimum Gasteiger partial charge on any atom is -0.482 e. The number of hydrogen-bond acceptors (Lipinski definition) is 5. The van der Waals surface area contributed by atoms with Crippen LogP contribution in [0.15, 0.2) is 35.9 Å². The second-order valence-corrected chi connectivity index (χ2v) is 10.3. The Hall–Kier alpha value is -2.93. The third kappa shape index (κ3) is 5.84. The Morgan fingerprint density at radius 2 is 1.94 bits per heavy atom. The summed E-state index contributed by atoms with van der Waals surface area (Å²) in [5, 5.41) is 13.0. The number of nitrogens with zero attached hydrogens (tertiary/aromatic N) is 2. The molecule has 1 aromatic heterocycles.